The van der Waals surface area contributed by atoms with E-state index in [0.717, 1.165) is 5.56 Å². The van der Waals surface area contributed by atoms with Gasteiger partial charge in [-0.1, -0.05) is 51.0 Å². The molecule has 0 amide bonds. The Morgan fingerprint density at radius 3 is 2.75 bits per heavy atom. The molecule has 0 aromatic heterocycles. The van der Waals surface area contributed by atoms with Gasteiger partial charge in [0.05, 0.1) is 10.4 Å². The fraction of sp³-hybridized carbons (Fsp3) is 0.111. The first-order valence-electron chi connectivity index (χ1n) is 3.24. The quantitative estimate of drug-likeness (QED) is 0.494. The molecule has 0 unspecified atom stereocenters. The molecule has 3 heteroatoms. The zero-order chi connectivity index (χ0) is 8.97. The van der Waals surface area contributed by atoms with Crippen molar-refractivity contribution in [2.75, 3.05) is 5.33 Å². The van der Waals surface area contributed by atoms with Crippen LogP contribution in [0, 0.1) is 11.8 Å². The lowest BCUT2D eigenvalue weighted by Crippen LogP contribution is -1.76. The first kappa shape index (κ1) is 9.92. The van der Waals surface area contributed by atoms with Crippen LogP contribution in [-0.2, 0) is 0 Å². The van der Waals surface area contributed by atoms with Gasteiger partial charge in [0.2, 0.25) is 0 Å². The second-order valence-electron chi connectivity index (χ2n) is 2.06. The van der Waals surface area contributed by atoms with Crippen LogP contribution in [0.4, 0.5) is 0 Å². The topological polar surface area (TPSA) is 0 Å². The minimum absolute atomic E-state index is 0.632. The van der Waals surface area contributed by atoms with Crippen molar-refractivity contribution in [2.24, 2.45) is 0 Å². The summed E-state index contributed by atoms with van der Waals surface area (Å²) in [7, 11) is 0. The molecule has 0 aliphatic rings. The van der Waals surface area contributed by atoms with E-state index in [1.807, 2.05) is 0 Å². The second-order valence-corrected chi connectivity index (χ2v) is 3.46. The molecule has 1 aromatic carbocycles. The summed E-state index contributed by atoms with van der Waals surface area (Å²) in [4.78, 5) is 0. The molecule has 12 heavy (non-hydrogen) atoms. The van der Waals surface area contributed by atoms with Crippen molar-refractivity contribution < 1.29 is 0 Å². The van der Waals surface area contributed by atoms with Crippen molar-refractivity contribution in [3.63, 3.8) is 0 Å². The summed E-state index contributed by atoms with van der Waals surface area (Å²) in [5, 5.41) is 1.92. The Bertz CT molecular complexity index is 336. The number of alkyl halides is 1. The van der Waals surface area contributed by atoms with Crippen LogP contribution in [-0.4, -0.2) is 5.33 Å². The van der Waals surface area contributed by atoms with Crippen molar-refractivity contribution in [1.82, 2.24) is 0 Å². The van der Waals surface area contributed by atoms with Gasteiger partial charge < -0.3 is 0 Å². The summed E-state index contributed by atoms with van der Waals surface area (Å²) >= 11 is 14.8. The highest BCUT2D eigenvalue weighted by Gasteiger charge is 1.96. The predicted molar refractivity (Wildman–Crippen MR) is 57.1 cm³/mol. The largest absolute Gasteiger partial charge is 0.0863 e. The molecule has 1 aromatic rings. The van der Waals surface area contributed by atoms with Gasteiger partial charge in [-0.3, -0.25) is 0 Å². The Kier molecular flexibility index (Phi) is 3.94. The van der Waals surface area contributed by atoms with E-state index in [2.05, 4.69) is 27.8 Å². The zero-order valence-electron chi connectivity index (χ0n) is 6.07. The molecule has 0 fully saturated rings. The zero-order valence-corrected chi connectivity index (χ0v) is 9.17. The molecule has 0 aliphatic carbocycles. The third kappa shape index (κ3) is 2.71. The standard InChI is InChI=1S/C9H5BrCl2/c10-5-1-2-7-6-8(11)3-4-9(7)12/h3-4,6H,5H2. The molecule has 0 aliphatic heterocycles. The maximum atomic E-state index is 5.86. The van der Waals surface area contributed by atoms with E-state index in [1.54, 1.807) is 18.2 Å². The Morgan fingerprint density at radius 1 is 1.33 bits per heavy atom. The van der Waals surface area contributed by atoms with E-state index in [-0.39, 0.29) is 0 Å². The van der Waals surface area contributed by atoms with Crippen molar-refractivity contribution in [3.8, 4) is 11.8 Å². The Morgan fingerprint density at radius 2 is 2.08 bits per heavy atom. The summed E-state index contributed by atoms with van der Waals surface area (Å²) in [6.45, 7) is 0. The van der Waals surface area contributed by atoms with E-state index in [4.69, 9.17) is 23.2 Å². The molecule has 0 spiro atoms. The number of halogens is 3. The SMILES string of the molecule is Clc1ccc(Cl)c(C#CCBr)c1. The third-order valence-corrected chi connectivity index (χ3v) is 2.06. The summed E-state index contributed by atoms with van der Waals surface area (Å²) in [6, 6.07) is 5.23. The molecule has 0 saturated heterocycles. The van der Waals surface area contributed by atoms with Crippen molar-refractivity contribution in [2.45, 2.75) is 0 Å². The molecule has 0 atom stereocenters. The Hall–Kier alpha value is -0.160. The smallest absolute Gasteiger partial charge is 0.0649 e. The average molecular weight is 264 g/mol. The van der Waals surface area contributed by atoms with Crippen LogP contribution in [0.1, 0.15) is 5.56 Å². The minimum atomic E-state index is 0.632. The van der Waals surface area contributed by atoms with Crippen LogP contribution in [0.25, 0.3) is 0 Å². The van der Waals surface area contributed by atoms with Gasteiger partial charge in [-0.25, -0.2) is 0 Å². The first-order valence-corrected chi connectivity index (χ1v) is 5.11. The van der Waals surface area contributed by atoms with Crippen molar-refractivity contribution in [3.05, 3.63) is 33.8 Å². The number of hydrogen-bond acceptors (Lipinski definition) is 0. The Balaban J connectivity index is 3.05. The van der Waals surface area contributed by atoms with Gasteiger partial charge in [-0.2, -0.15) is 0 Å². The lowest BCUT2D eigenvalue weighted by Gasteiger charge is -1.95. The molecule has 0 nitrogen and oxygen atoms in total. The van der Waals surface area contributed by atoms with Crippen LogP contribution >= 0.6 is 39.1 Å². The molecule has 62 valence electrons. The van der Waals surface area contributed by atoms with Crippen molar-refractivity contribution in [1.29, 1.82) is 0 Å². The van der Waals surface area contributed by atoms with Crippen LogP contribution in [0.5, 0.6) is 0 Å². The summed E-state index contributed by atoms with van der Waals surface area (Å²) in [5.41, 5.74) is 0.767. The summed E-state index contributed by atoms with van der Waals surface area (Å²) in [6.07, 6.45) is 0. The summed E-state index contributed by atoms with van der Waals surface area (Å²) < 4.78 is 0. The minimum Gasteiger partial charge on any atom is -0.0863 e. The van der Waals surface area contributed by atoms with Gasteiger partial charge in [0.1, 0.15) is 0 Å². The molecule has 0 heterocycles. The van der Waals surface area contributed by atoms with E-state index in [9.17, 15) is 0 Å². The molecular formula is C9H5BrCl2. The molecule has 1 rings (SSSR count). The van der Waals surface area contributed by atoms with Crippen LogP contribution in [0.3, 0.4) is 0 Å². The maximum Gasteiger partial charge on any atom is 0.0649 e. The van der Waals surface area contributed by atoms with Gasteiger partial charge in [-0.05, 0) is 18.2 Å². The highest BCUT2D eigenvalue weighted by Crippen LogP contribution is 2.19. The van der Waals surface area contributed by atoms with Gasteiger partial charge in [-0.15, -0.1) is 0 Å². The number of rotatable bonds is 0. The molecule has 0 bridgehead atoms. The number of benzene rings is 1. The fourth-order valence-electron chi connectivity index (χ4n) is 0.722. The highest BCUT2D eigenvalue weighted by atomic mass is 79.9. The lowest BCUT2D eigenvalue weighted by atomic mass is 10.2. The van der Waals surface area contributed by atoms with Crippen molar-refractivity contribution >= 4 is 39.1 Å². The Labute approximate surface area is 90.0 Å². The molecule has 0 saturated carbocycles. The maximum absolute atomic E-state index is 5.86. The fourth-order valence-corrected chi connectivity index (χ4v) is 1.20. The van der Waals surface area contributed by atoms with Crippen LogP contribution < -0.4 is 0 Å². The van der Waals surface area contributed by atoms with Crippen LogP contribution in [0.2, 0.25) is 10.0 Å². The third-order valence-electron chi connectivity index (χ3n) is 1.22. The average Bonchev–Trinajstić information content (AvgIpc) is 2.07. The van der Waals surface area contributed by atoms with E-state index < -0.39 is 0 Å². The first-order chi connectivity index (χ1) is 5.74. The van der Waals surface area contributed by atoms with Gasteiger partial charge >= 0.3 is 0 Å². The second kappa shape index (κ2) is 4.77. The van der Waals surface area contributed by atoms with Crippen LogP contribution in [0.15, 0.2) is 18.2 Å². The van der Waals surface area contributed by atoms with Gasteiger partial charge in [0.15, 0.2) is 0 Å². The van der Waals surface area contributed by atoms with E-state index >= 15 is 0 Å². The monoisotopic (exact) mass is 262 g/mol. The molecule has 0 radical (unpaired) electrons. The predicted octanol–water partition coefficient (Wildman–Crippen LogP) is 3.74. The lowest BCUT2D eigenvalue weighted by molar-refractivity contribution is 1.64. The van der Waals surface area contributed by atoms with E-state index in [0.29, 0.717) is 15.4 Å². The van der Waals surface area contributed by atoms with E-state index in [1.165, 1.54) is 0 Å². The highest BCUT2D eigenvalue weighted by molar-refractivity contribution is 9.09. The summed E-state index contributed by atoms with van der Waals surface area (Å²) in [5.74, 6) is 5.75. The van der Waals surface area contributed by atoms with Gasteiger partial charge in [0.25, 0.3) is 0 Å². The molecular weight excluding hydrogens is 259 g/mol. The number of hydrogen-bond donors (Lipinski definition) is 0. The van der Waals surface area contributed by atoms with Gasteiger partial charge in [0, 0.05) is 10.6 Å². The molecule has 0 N–H and O–H groups in total. The normalized spacial score (nSPS) is 8.92.